The number of benzene rings is 2. The van der Waals surface area contributed by atoms with Crippen molar-refractivity contribution in [3.63, 3.8) is 0 Å². The van der Waals surface area contributed by atoms with Crippen LogP contribution in [0.3, 0.4) is 0 Å². The first kappa shape index (κ1) is 13.6. The third-order valence-electron chi connectivity index (χ3n) is 2.58. The zero-order valence-electron chi connectivity index (χ0n) is 9.59. The van der Waals surface area contributed by atoms with E-state index in [0.29, 0.717) is 11.6 Å². The van der Waals surface area contributed by atoms with Crippen molar-refractivity contribution in [1.82, 2.24) is 0 Å². The molecule has 98 valence electrons. The minimum Gasteiger partial charge on any atom is -0.294 e. The Bertz CT molecular complexity index is 641. The van der Waals surface area contributed by atoms with Crippen LogP contribution < -0.4 is 0 Å². The maximum absolute atomic E-state index is 13.4. The first-order chi connectivity index (χ1) is 8.97. The first-order valence-corrected chi connectivity index (χ1v) is 5.77. The molecular formula is C14H8ClF3O. The molecule has 0 N–H and O–H groups in total. The lowest BCUT2D eigenvalue weighted by atomic mass is 10.0. The summed E-state index contributed by atoms with van der Waals surface area (Å²) in [6.07, 6.45) is -0.184. The van der Waals surface area contributed by atoms with Gasteiger partial charge in [-0.1, -0.05) is 17.7 Å². The molecule has 0 saturated heterocycles. The Morgan fingerprint density at radius 2 is 1.74 bits per heavy atom. The molecule has 0 aliphatic carbocycles. The Morgan fingerprint density at radius 3 is 2.37 bits per heavy atom. The third-order valence-corrected chi connectivity index (χ3v) is 2.89. The second-order valence-electron chi connectivity index (χ2n) is 3.97. The van der Waals surface area contributed by atoms with Crippen LogP contribution >= 0.6 is 11.6 Å². The van der Waals surface area contributed by atoms with Gasteiger partial charge in [-0.15, -0.1) is 0 Å². The Morgan fingerprint density at radius 1 is 1.00 bits per heavy atom. The fraction of sp³-hybridized carbons (Fsp3) is 0.0714. The molecule has 0 unspecified atom stereocenters. The summed E-state index contributed by atoms with van der Waals surface area (Å²) >= 11 is 5.52. The van der Waals surface area contributed by atoms with Crippen molar-refractivity contribution in [2.24, 2.45) is 0 Å². The van der Waals surface area contributed by atoms with Crippen LogP contribution in [-0.4, -0.2) is 5.78 Å². The summed E-state index contributed by atoms with van der Waals surface area (Å²) in [5.74, 6) is -2.89. The second-order valence-corrected chi connectivity index (χ2v) is 4.38. The van der Waals surface area contributed by atoms with E-state index in [2.05, 4.69) is 0 Å². The number of rotatable bonds is 3. The molecule has 1 nitrogen and oxygen atoms in total. The lowest BCUT2D eigenvalue weighted by Gasteiger charge is -2.04. The summed E-state index contributed by atoms with van der Waals surface area (Å²) in [7, 11) is 0. The van der Waals surface area contributed by atoms with Crippen LogP contribution in [0.15, 0.2) is 36.4 Å². The highest BCUT2D eigenvalue weighted by molar-refractivity contribution is 6.30. The summed E-state index contributed by atoms with van der Waals surface area (Å²) < 4.78 is 39.3. The van der Waals surface area contributed by atoms with E-state index in [9.17, 15) is 18.0 Å². The highest BCUT2D eigenvalue weighted by Crippen LogP contribution is 2.18. The van der Waals surface area contributed by atoms with Crippen LogP contribution in [-0.2, 0) is 6.42 Å². The number of carbonyl (C=O) groups excluding carboxylic acids is 1. The average molecular weight is 285 g/mol. The number of ketones is 1. The zero-order chi connectivity index (χ0) is 14.0. The van der Waals surface area contributed by atoms with Crippen LogP contribution in [0.5, 0.6) is 0 Å². The molecule has 0 spiro atoms. The molecule has 0 radical (unpaired) electrons. The van der Waals surface area contributed by atoms with E-state index in [-0.39, 0.29) is 17.0 Å². The molecule has 2 aromatic carbocycles. The van der Waals surface area contributed by atoms with Gasteiger partial charge >= 0.3 is 0 Å². The van der Waals surface area contributed by atoms with Gasteiger partial charge in [0.2, 0.25) is 0 Å². The summed E-state index contributed by atoms with van der Waals surface area (Å²) in [5, 5.41) is -0.0517. The van der Waals surface area contributed by atoms with Crippen LogP contribution in [0.2, 0.25) is 5.02 Å². The van der Waals surface area contributed by atoms with E-state index in [1.54, 1.807) is 0 Å². The van der Waals surface area contributed by atoms with Crippen molar-refractivity contribution < 1.29 is 18.0 Å². The lowest BCUT2D eigenvalue weighted by molar-refractivity contribution is 0.0989. The van der Waals surface area contributed by atoms with Gasteiger partial charge in [0.1, 0.15) is 17.5 Å². The van der Waals surface area contributed by atoms with E-state index in [1.807, 2.05) is 0 Å². The normalized spacial score (nSPS) is 10.5. The van der Waals surface area contributed by atoms with Crippen molar-refractivity contribution in [1.29, 1.82) is 0 Å². The SMILES string of the molecule is O=C(Cc1ccc(Cl)c(F)c1)c1ccc(F)cc1F. The summed E-state index contributed by atoms with van der Waals surface area (Å²) in [4.78, 5) is 11.8. The van der Waals surface area contributed by atoms with Crippen molar-refractivity contribution in [3.05, 3.63) is 70.0 Å². The topological polar surface area (TPSA) is 17.1 Å². The molecule has 0 bridgehead atoms. The molecule has 0 saturated carbocycles. The van der Waals surface area contributed by atoms with Crippen LogP contribution in [0.1, 0.15) is 15.9 Å². The highest BCUT2D eigenvalue weighted by Gasteiger charge is 2.13. The molecule has 0 fully saturated rings. The molecule has 0 aliphatic rings. The monoisotopic (exact) mass is 284 g/mol. The van der Waals surface area contributed by atoms with Crippen LogP contribution in [0.4, 0.5) is 13.2 Å². The summed E-state index contributed by atoms with van der Waals surface area (Å²) in [5.41, 5.74) is 0.146. The fourth-order valence-corrected chi connectivity index (χ4v) is 1.76. The minimum absolute atomic E-state index is 0.0517. The number of hydrogen-bond donors (Lipinski definition) is 0. The van der Waals surface area contributed by atoms with E-state index < -0.39 is 23.2 Å². The van der Waals surface area contributed by atoms with Gasteiger partial charge in [-0.3, -0.25) is 4.79 Å². The van der Waals surface area contributed by atoms with Gasteiger partial charge in [0.15, 0.2) is 5.78 Å². The Hall–Kier alpha value is -1.81. The maximum atomic E-state index is 13.4. The Balaban J connectivity index is 2.23. The number of hydrogen-bond acceptors (Lipinski definition) is 1. The highest BCUT2D eigenvalue weighted by atomic mass is 35.5. The quantitative estimate of drug-likeness (QED) is 0.773. The number of carbonyl (C=O) groups is 1. The Labute approximate surface area is 112 Å². The molecule has 0 amide bonds. The molecule has 2 rings (SSSR count). The number of Topliss-reactive ketones (excluding diaryl/α,β-unsaturated/α-hetero) is 1. The molecule has 19 heavy (non-hydrogen) atoms. The van der Waals surface area contributed by atoms with Gasteiger partial charge in [-0.05, 0) is 29.8 Å². The molecule has 0 atom stereocenters. The van der Waals surface area contributed by atoms with Gasteiger partial charge < -0.3 is 0 Å². The molecule has 0 heterocycles. The largest absolute Gasteiger partial charge is 0.294 e. The van der Waals surface area contributed by atoms with Gasteiger partial charge in [-0.25, -0.2) is 13.2 Å². The molecule has 0 aromatic heterocycles. The predicted molar refractivity (Wildman–Crippen MR) is 65.8 cm³/mol. The molecular weight excluding hydrogens is 277 g/mol. The number of halogens is 4. The van der Waals surface area contributed by atoms with E-state index in [1.165, 1.54) is 12.1 Å². The lowest BCUT2D eigenvalue weighted by Crippen LogP contribution is -2.06. The van der Waals surface area contributed by atoms with E-state index >= 15 is 0 Å². The standard InChI is InChI=1S/C14H8ClF3O/c15-11-4-1-8(5-13(11)18)6-14(19)10-3-2-9(16)7-12(10)17/h1-5,7H,6H2. The van der Waals surface area contributed by atoms with E-state index in [4.69, 9.17) is 11.6 Å². The smallest absolute Gasteiger partial charge is 0.170 e. The van der Waals surface area contributed by atoms with Crippen LogP contribution in [0.25, 0.3) is 0 Å². The Kier molecular flexibility index (Phi) is 3.90. The van der Waals surface area contributed by atoms with Crippen molar-refractivity contribution in [3.8, 4) is 0 Å². The second kappa shape index (κ2) is 5.45. The average Bonchev–Trinajstić information content (AvgIpc) is 2.33. The fourth-order valence-electron chi connectivity index (χ4n) is 1.65. The molecule has 0 aliphatic heterocycles. The predicted octanol–water partition coefficient (Wildman–Crippen LogP) is 4.18. The summed E-state index contributed by atoms with van der Waals surface area (Å²) in [6.45, 7) is 0. The van der Waals surface area contributed by atoms with Crippen molar-refractivity contribution in [2.45, 2.75) is 6.42 Å². The first-order valence-electron chi connectivity index (χ1n) is 5.39. The maximum Gasteiger partial charge on any atom is 0.170 e. The van der Waals surface area contributed by atoms with Crippen molar-refractivity contribution in [2.75, 3.05) is 0 Å². The van der Waals surface area contributed by atoms with Crippen LogP contribution in [0, 0.1) is 17.5 Å². The van der Waals surface area contributed by atoms with Gasteiger partial charge in [0, 0.05) is 12.5 Å². The van der Waals surface area contributed by atoms with E-state index in [0.717, 1.165) is 18.2 Å². The zero-order valence-corrected chi connectivity index (χ0v) is 10.3. The molecule has 5 heteroatoms. The van der Waals surface area contributed by atoms with Gasteiger partial charge in [0.05, 0.1) is 10.6 Å². The minimum atomic E-state index is -0.931. The van der Waals surface area contributed by atoms with Gasteiger partial charge in [0.25, 0.3) is 0 Å². The third kappa shape index (κ3) is 3.15. The van der Waals surface area contributed by atoms with Gasteiger partial charge in [-0.2, -0.15) is 0 Å². The summed E-state index contributed by atoms with van der Waals surface area (Å²) in [6, 6.07) is 6.61. The molecule has 2 aromatic rings. The van der Waals surface area contributed by atoms with Crippen molar-refractivity contribution >= 4 is 17.4 Å².